The minimum atomic E-state index is -3.46. The number of aromatic nitrogens is 4. The van der Waals surface area contributed by atoms with Gasteiger partial charge in [0.05, 0.1) is 30.4 Å². The highest BCUT2D eigenvalue weighted by atomic mass is 32.2. The van der Waals surface area contributed by atoms with Gasteiger partial charge in [-0.2, -0.15) is 8.42 Å². The average molecular weight is 384 g/mol. The molecule has 4 rings (SSSR count). The molecule has 140 valence electrons. The summed E-state index contributed by atoms with van der Waals surface area (Å²) in [5.74, 6) is 0. The first-order valence-corrected chi connectivity index (χ1v) is 10.5. The standard InChI is InChI=1S/C19H20N4O3S/c1-3-22-18-7-5-4-6-16(18)17-12-14(8-9-19(17)22)23-15(13-20-21-23)10-11-26-27(2,24)25/h4-9,12-13H,3,10-11H2,1-2H3. The molecule has 0 aliphatic rings. The molecule has 4 aromatic rings. The van der Waals surface area contributed by atoms with Gasteiger partial charge in [0.1, 0.15) is 0 Å². The highest BCUT2D eigenvalue weighted by Gasteiger charge is 2.13. The molecule has 2 heterocycles. The lowest BCUT2D eigenvalue weighted by Crippen LogP contribution is -2.09. The smallest absolute Gasteiger partial charge is 0.264 e. The fourth-order valence-corrected chi connectivity index (χ4v) is 3.84. The number of rotatable bonds is 6. The van der Waals surface area contributed by atoms with Gasteiger partial charge in [-0.1, -0.05) is 23.4 Å². The number of hydrogen-bond acceptors (Lipinski definition) is 5. The molecule has 7 nitrogen and oxygen atoms in total. The van der Waals surface area contributed by atoms with E-state index in [2.05, 4.69) is 46.1 Å². The maximum absolute atomic E-state index is 11.2. The minimum Gasteiger partial charge on any atom is -0.341 e. The maximum Gasteiger partial charge on any atom is 0.264 e. The Bertz CT molecular complexity index is 1220. The number of benzene rings is 2. The van der Waals surface area contributed by atoms with Crippen LogP contribution in [0.4, 0.5) is 0 Å². The average Bonchev–Trinajstić information content (AvgIpc) is 3.22. The second-order valence-corrected chi connectivity index (χ2v) is 8.02. The largest absolute Gasteiger partial charge is 0.341 e. The second kappa shape index (κ2) is 6.79. The van der Waals surface area contributed by atoms with Crippen molar-refractivity contribution < 1.29 is 12.6 Å². The van der Waals surface area contributed by atoms with Gasteiger partial charge in [0.15, 0.2) is 0 Å². The van der Waals surface area contributed by atoms with Gasteiger partial charge in [0.2, 0.25) is 0 Å². The first-order chi connectivity index (χ1) is 13.0. The summed E-state index contributed by atoms with van der Waals surface area (Å²) < 4.78 is 31.2. The van der Waals surface area contributed by atoms with Gasteiger partial charge in [-0.15, -0.1) is 5.10 Å². The Morgan fingerprint density at radius 1 is 1.07 bits per heavy atom. The Morgan fingerprint density at radius 3 is 2.63 bits per heavy atom. The van der Waals surface area contributed by atoms with Crippen LogP contribution in [0.5, 0.6) is 0 Å². The molecule has 8 heteroatoms. The van der Waals surface area contributed by atoms with Gasteiger partial charge in [-0.25, -0.2) is 4.68 Å². The number of para-hydroxylation sites is 1. The molecule has 0 saturated carbocycles. The van der Waals surface area contributed by atoms with Crippen molar-refractivity contribution in [1.82, 2.24) is 19.6 Å². The molecule has 27 heavy (non-hydrogen) atoms. The van der Waals surface area contributed by atoms with Crippen molar-refractivity contribution in [1.29, 1.82) is 0 Å². The van der Waals surface area contributed by atoms with Crippen molar-refractivity contribution >= 4 is 31.9 Å². The first kappa shape index (κ1) is 17.7. The van der Waals surface area contributed by atoms with Gasteiger partial charge in [0.25, 0.3) is 10.1 Å². The minimum absolute atomic E-state index is 0.0591. The third kappa shape index (κ3) is 3.33. The van der Waals surface area contributed by atoms with E-state index in [-0.39, 0.29) is 6.61 Å². The van der Waals surface area contributed by atoms with Crippen LogP contribution < -0.4 is 0 Å². The fourth-order valence-electron chi connectivity index (χ4n) is 3.46. The van der Waals surface area contributed by atoms with E-state index < -0.39 is 10.1 Å². The Morgan fingerprint density at radius 2 is 1.85 bits per heavy atom. The molecule has 0 radical (unpaired) electrons. The molecule has 2 aromatic carbocycles. The van der Waals surface area contributed by atoms with Gasteiger partial charge in [0, 0.05) is 34.8 Å². The lowest BCUT2D eigenvalue weighted by atomic mass is 10.1. The van der Waals surface area contributed by atoms with E-state index in [1.54, 1.807) is 10.9 Å². The lowest BCUT2D eigenvalue weighted by Gasteiger charge is -2.07. The molecule has 0 saturated heterocycles. The van der Waals surface area contributed by atoms with Crippen LogP contribution in [0, 0.1) is 0 Å². The lowest BCUT2D eigenvalue weighted by molar-refractivity contribution is 0.323. The Labute approximate surface area is 157 Å². The van der Waals surface area contributed by atoms with Crippen molar-refractivity contribution in [2.45, 2.75) is 19.9 Å². The molecule has 0 bridgehead atoms. The number of fused-ring (bicyclic) bond motifs is 3. The molecule has 0 amide bonds. The van der Waals surface area contributed by atoms with Crippen molar-refractivity contribution in [3.05, 3.63) is 54.4 Å². The summed E-state index contributed by atoms with van der Waals surface area (Å²) in [6.07, 6.45) is 3.07. The van der Waals surface area contributed by atoms with Gasteiger partial charge >= 0.3 is 0 Å². The number of hydrogen-bond donors (Lipinski definition) is 0. The Hall–Kier alpha value is -2.71. The Kier molecular flexibility index (Phi) is 4.45. The van der Waals surface area contributed by atoms with E-state index in [9.17, 15) is 8.42 Å². The molecular formula is C19H20N4O3S. The normalized spacial score (nSPS) is 12.2. The van der Waals surface area contributed by atoms with E-state index in [4.69, 9.17) is 4.18 Å². The van der Waals surface area contributed by atoms with Crippen LogP contribution in [-0.2, 0) is 27.3 Å². The summed E-state index contributed by atoms with van der Waals surface area (Å²) in [7, 11) is -3.46. The molecule has 0 atom stereocenters. The van der Waals surface area contributed by atoms with Gasteiger partial charge < -0.3 is 4.57 Å². The number of aryl methyl sites for hydroxylation is 1. The highest BCUT2D eigenvalue weighted by molar-refractivity contribution is 7.85. The van der Waals surface area contributed by atoms with Crippen LogP contribution in [0.1, 0.15) is 12.6 Å². The molecule has 0 aliphatic carbocycles. The summed E-state index contributed by atoms with van der Waals surface area (Å²) in [4.78, 5) is 0. The first-order valence-electron chi connectivity index (χ1n) is 8.73. The van der Waals surface area contributed by atoms with Crippen LogP contribution in [0.3, 0.4) is 0 Å². The SMILES string of the molecule is CCn1c2ccccc2c2cc(-n3nncc3CCOS(C)(=O)=O)ccc21. The third-order valence-electron chi connectivity index (χ3n) is 4.59. The topological polar surface area (TPSA) is 79.0 Å². The molecule has 2 aromatic heterocycles. The molecule has 0 N–H and O–H groups in total. The predicted octanol–water partition coefficient (Wildman–Crippen LogP) is 2.91. The molecular weight excluding hydrogens is 364 g/mol. The monoisotopic (exact) mass is 384 g/mol. The summed E-state index contributed by atoms with van der Waals surface area (Å²) >= 11 is 0. The zero-order valence-corrected chi connectivity index (χ0v) is 16.0. The summed E-state index contributed by atoms with van der Waals surface area (Å²) in [6, 6.07) is 14.5. The van der Waals surface area contributed by atoms with E-state index in [0.717, 1.165) is 29.6 Å². The maximum atomic E-state index is 11.2. The van der Waals surface area contributed by atoms with Crippen LogP contribution in [0.25, 0.3) is 27.5 Å². The molecule has 0 aliphatic heterocycles. The van der Waals surface area contributed by atoms with Crippen molar-refractivity contribution in [3.63, 3.8) is 0 Å². The van der Waals surface area contributed by atoms with Gasteiger partial charge in [-0.3, -0.25) is 4.18 Å². The zero-order chi connectivity index (χ0) is 19.0. The van der Waals surface area contributed by atoms with Crippen LogP contribution in [0.2, 0.25) is 0 Å². The third-order valence-corrected chi connectivity index (χ3v) is 5.19. The summed E-state index contributed by atoms with van der Waals surface area (Å²) in [5.41, 5.74) is 4.04. The second-order valence-electron chi connectivity index (χ2n) is 6.38. The highest BCUT2D eigenvalue weighted by Crippen LogP contribution is 2.30. The summed E-state index contributed by atoms with van der Waals surface area (Å²) in [5, 5.41) is 10.5. The Balaban J connectivity index is 1.76. The van der Waals surface area contributed by atoms with Gasteiger partial charge in [-0.05, 0) is 31.2 Å². The molecule has 0 spiro atoms. The molecule has 0 unspecified atom stereocenters. The van der Waals surface area contributed by atoms with E-state index in [1.165, 1.54) is 16.4 Å². The zero-order valence-electron chi connectivity index (χ0n) is 15.2. The van der Waals surface area contributed by atoms with Crippen molar-refractivity contribution in [2.75, 3.05) is 12.9 Å². The van der Waals surface area contributed by atoms with Crippen LogP contribution in [-0.4, -0.2) is 40.8 Å². The number of nitrogens with zero attached hydrogens (tertiary/aromatic N) is 4. The summed E-state index contributed by atoms with van der Waals surface area (Å²) in [6.45, 7) is 3.08. The van der Waals surface area contributed by atoms with E-state index >= 15 is 0 Å². The predicted molar refractivity (Wildman–Crippen MR) is 105 cm³/mol. The van der Waals surface area contributed by atoms with E-state index in [0.29, 0.717) is 6.42 Å². The van der Waals surface area contributed by atoms with Crippen molar-refractivity contribution in [3.8, 4) is 5.69 Å². The van der Waals surface area contributed by atoms with Crippen LogP contribution >= 0.6 is 0 Å². The van der Waals surface area contributed by atoms with Crippen molar-refractivity contribution in [2.24, 2.45) is 0 Å². The quantitative estimate of drug-likeness (QED) is 0.478. The molecule has 0 fully saturated rings. The van der Waals surface area contributed by atoms with E-state index in [1.807, 2.05) is 18.2 Å². The fraction of sp³-hybridized carbons (Fsp3) is 0.263. The van der Waals surface area contributed by atoms with Crippen LogP contribution in [0.15, 0.2) is 48.7 Å².